The van der Waals surface area contributed by atoms with Crippen molar-refractivity contribution >= 4 is 23.6 Å². The van der Waals surface area contributed by atoms with Crippen molar-refractivity contribution in [2.75, 3.05) is 0 Å². The van der Waals surface area contributed by atoms with Crippen LogP contribution in [0.1, 0.15) is 24.1 Å². The van der Waals surface area contributed by atoms with Crippen molar-refractivity contribution in [3.05, 3.63) is 47.5 Å². The Morgan fingerprint density at radius 2 is 2.04 bits per heavy atom. The lowest BCUT2D eigenvalue weighted by Crippen LogP contribution is -2.52. The lowest BCUT2D eigenvalue weighted by Gasteiger charge is -2.35. The van der Waals surface area contributed by atoms with Gasteiger partial charge in [-0.2, -0.15) is 0 Å². The maximum absolute atomic E-state index is 12.8. The summed E-state index contributed by atoms with van der Waals surface area (Å²) in [6, 6.07) is 9.00. The van der Waals surface area contributed by atoms with Crippen molar-refractivity contribution in [3.8, 4) is 0 Å². The molecular weight excluding hydrogens is 340 g/mol. The third-order valence-corrected chi connectivity index (χ3v) is 5.52. The number of nitrogens with zero attached hydrogens (tertiary/aromatic N) is 4. The Kier molecular flexibility index (Phi) is 5.08. The highest BCUT2D eigenvalue weighted by Gasteiger charge is 2.37. The molecule has 25 heavy (non-hydrogen) atoms. The minimum Gasteiger partial charge on any atom is -0.480 e. The Morgan fingerprint density at radius 3 is 2.72 bits per heavy atom. The van der Waals surface area contributed by atoms with E-state index in [0.717, 1.165) is 5.56 Å². The summed E-state index contributed by atoms with van der Waals surface area (Å²) in [5.41, 5.74) is 1.14. The van der Waals surface area contributed by atoms with Crippen molar-refractivity contribution in [2.24, 2.45) is 0 Å². The second-order valence-corrected chi connectivity index (χ2v) is 7.36. The molecular formula is C17H20N4O3S. The zero-order valence-electron chi connectivity index (χ0n) is 14.1. The van der Waals surface area contributed by atoms with Gasteiger partial charge in [-0.25, -0.2) is 4.79 Å². The van der Waals surface area contributed by atoms with Crippen LogP contribution in [0, 0.1) is 6.92 Å². The van der Waals surface area contributed by atoms with Gasteiger partial charge in [-0.3, -0.25) is 4.79 Å². The minimum atomic E-state index is -1.01. The summed E-state index contributed by atoms with van der Waals surface area (Å²) in [5, 5.41) is 17.2. The molecule has 3 rings (SSSR count). The molecule has 2 aromatic rings. The van der Waals surface area contributed by atoms with Crippen LogP contribution in [0.25, 0.3) is 0 Å². The number of fused-ring (bicyclic) bond motifs is 1. The fraction of sp³-hybridized carbons (Fsp3) is 0.412. The van der Waals surface area contributed by atoms with Crippen LogP contribution in [0.15, 0.2) is 30.3 Å². The molecule has 2 unspecified atom stereocenters. The van der Waals surface area contributed by atoms with E-state index < -0.39 is 12.0 Å². The van der Waals surface area contributed by atoms with Crippen LogP contribution in [0.3, 0.4) is 0 Å². The first-order valence-corrected chi connectivity index (χ1v) is 9.09. The van der Waals surface area contributed by atoms with E-state index in [4.69, 9.17) is 0 Å². The Morgan fingerprint density at radius 1 is 1.32 bits per heavy atom. The number of carboxylic acids is 1. The van der Waals surface area contributed by atoms with Gasteiger partial charge in [0.1, 0.15) is 11.9 Å². The highest BCUT2D eigenvalue weighted by atomic mass is 32.2. The highest BCUT2D eigenvalue weighted by Crippen LogP contribution is 2.24. The lowest BCUT2D eigenvalue weighted by molar-refractivity contribution is -0.152. The van der Waals surface area contributed by atoms with E-state index in [0.29, 0.717) is 17.4 Å². The SMILES string of the molecule is Cc1nnc2n1CC(C(=O)O)N(C(=O)C(C)SCc1ccccc1)C2. The monoisotopic (exact) mass is 360 g/mol. The van der Waals surface area contributed by atoms with Gasteiger partial charge in [-0.05, 0) is 19.4 Å². The number of carbonyl (C=O) groups is 2. The second-order valence-electron chi connectivity index (χ2n) is 6.03. The van der Waals surface area contributed by atoms with Gasteiger partial charge in [0.25, 0.3) is 0 Å². The van der Waals surface area contributed by atoms with Crippen LogP contribution in [0.4, 0.5) is 0 Å². The number of aliphatic carboxylic acids is 1. The smallest absolute Gasteiger partial charge is 0.328 e. The molecule has 132 valence electrons. The number of rotatable bonds is 5. The number of hydrogen-bond acceptors (Lipinski definition) is 5. The highest BCUT2D eigenvalue weighted by molar-refractivity contribution is 7.99. The van der Waals surface area contributed by atoms with Crippen LogP contribution < -0.4 is 0 Å². The van der Waals surface area contributed by atoms with Crippen LogP contribution in [-0.2, 0) is 28.4 Å². The molecule has 0 saturated heterocycles. The average Bonchev–Trinajstić information content (AvgIpc) is 2.99. The molecule has 0 spiro atoms. The molecule has 1 aromatic heterocycles. The standard InChI is InChI=1S/C17H20N4O3S/c1-11(25-10-13-6-4-3-5-7-13)16(22)21-9-15-19-18-12(2)20(15)8-14(21)17(23)24/h3-7,11,14H,8-10H2,1-2H3,(H,23,24). The molecule has 0 bridgehead atoms. The minimum absolute atomic E-state index is 0.173. The predicted octanol–water partition coefficient (Wildman–Crippen LogP) is 1.70. The predicted molar refractivity (Wildman–Crippen MR) is 93.9 cm³/mol. The van der Waals surface area contributed by atoms with Crippen molar-refractivity contribution in [1.82, 2.24) is 19.7 Å². The van der Waals surface area contributed by atoms with Crippen LogP contribution >= 0.6 is 11.8 Å². The first-order chi connectivity index (χ1) is 12.0. The fourth-order valence-corrected chi connectivity index (χ4v) is 3.77. The van der Waals surface area contributed by atoms with Gasteiger partial charge in [0.05, 0.1) is 18.3 Å². The number of aryl methyl sites for hydroxylation is 1. The van der Waals surface area contributed by atoms with Crippen molar-refractivity contribution < 1.29 is 14.7 Å². The molecule has 1 amide bonds. The molecule has 0 aliphatic carbocycles. The summed E-state index contributed by atoms with van der Waals surface area (Å²) in [6.45, 7) is 3.96. The van der Waals surface area contributed by atoms with Crippen LogP contribution in [-0.4, -0.2) is 47.9 Å². The number of benzene rings is 1. The van der Waals surface area contributed by atoms with E-state index in [-0.39, 0.29) is 24.2 Å². The first-order valence-electron chi connectivity index (χ1n) is 8.05. The van der Waals surface area contributed by atoms with Gasteiger partial charge >= 0.3 is 5.97 Å². The molecule has 1 aromatic carbocycles. The Hall–Kier alpha value is -2.35. The number of aromatic nitrogens is 3. The van der Waals surface area contributed by atoms with E-state index in [1.54, 1.807) is 11.5 Å². The summed E-state index contributed by atoms with van der Waals surface area (Å²) < 4.78 is 1.77. The number of carbonyl (C=O) groups excluding carboxylic acids is 1. The number of hydrogen-bond donors (Lipinski definition) is 1. The van der Waals surface area contributed by atoms with Crippen molar-refractivity contribution in [1.29, 1.82) is 0 Å². The quantitative estimate of drug-likeness (QED) is 0.873. The molecule has 2 heterocycles. The third kappa shape index (κ3) is 3.68. The molecule has 0 fully saturated rings. The molecule has 1 aliphatic rings. The Labute approximate surface area is 150 Å². The van der Waals surface area contributed by atoms with E-state index >= 15 is 0 Å². The zero-order valence-corrected chi connectivity index (χ0v) is 14.9. The van der Waals surface area contributed by atoms with Gasteiger partial charge in [0, 0.05) is 5.75 Å². The summed E-state index contributed by atoms with van der Waals surface area (Å²) in [4.78, 5) is 25.9. The maximum Gasteiger partial charge on any atom is 0.328 e. The molecule has 2 atom stereocenters. The molecule has 7 nitrogen and oxygen atoms in total. The topological polar surface area (TPSA) is 88.3 Å². The maximum atomic E-state index is 12.8. The third-order valence-electron chi connectivity index (χ3n) is 4.31. The Bertz CT molecular complexity index is 777. The molecule has 0 saturated carbocycles. The summed E-state index contributed by atoms with van der Waals surface area (Å²) >= 11 is 1.50. The largest absolute Gasteiger partial charge is 0.480 e. The van der Waals surface area contributed by atoms with E-state index in [1.165, 1.54) is 16.7 Å². The molecule has 0 radical (unpaired) electrons. The Balaban J connectivity index is 1.71. The molecule has 1 aliphatic heterocycles. The van der Waals surface area contributed by atoms with Gasteiger partial charge in [-0.15, -0.1) is 22.0 Å². The second kappa shape index (κ2) is 7.26. The normalized spacial score (nSPS) is 17.8. The zero-order chi connectivity index (χ0) is 18.0. The first kappa shape index (κ1) is 17.5. The van der Waals surface area contributed by atoms with Crippen molar-refractivity contribution in [3.63, 3.8) is 0 Å². The molecule has 8 heteroatoms. The summed E-state index contributed by atoms with van der Waals surface area (Å²) in [6.07, 6.45) is 0. The van der Waals surface area contributed by atoms with Crippen molar-refractivity contribution in [2.45, 2.75) is 44.0 Å². The average molecular weight is 360 g/mol. The van der Waals surface area contributed by atoms with Crippen LogP contribution in [0.5, 0.6) is 0 Å². The summed E-state index contributed by atoms with van der Waals surface area (Å²) in [5.74, 6) is 0.810. The lowest BCUT2D eigenvalue weighted by atomic mass is 10.1. The summed E-state index contributed by atoms with van der Waals surface area (Å²) in [7, 11) is 0. The van der Waals surface area contributed by atoms with Crippen LogP contribution in [0.2, 0.25) is 0 Å². The number of thioether (sulfide) groups is 1. The molecule has 1 N–H and O–H groups in total. The van der Waals surface area contributed by atoms with E-state index in [9.17, 15) is 14.7 Å². The van der Waals surface area contributed by atoms with Gasteiger partial charge < -0.3 is 14.6 Å². The number of carboxylic acid groups (broad SMARTS) is 1. The number of amides is 1. The fourth-order valence-electron chi connectivity index (χ4n) is 2.86. The van der Waals surface area contributed by atoms with E-state index in [2.05, 4.69) is 10.2 Å². The van der Waals surface area contributed by atoms with E-state index in [1.807, 2.05) is 37.3 Å². The van der Waals surface area contributed by atoms with Gasteiger partial charge in [-0.1, -0.05) is 30.3 Å². The van der Waals surface area contributed by atoms with Gasteiger partial charge in [0.15, 0.2) is 5.82 Å². The van der Waals surface area contributed by atoms with Gasteiger partial charge in [0.2, 0.25) is 5.91 Å².